The summed E-state index contributed by atoms with van der Waals surface area (Å²) in [6.07, 6.45) is 6.83. The number of rotatable bonds is 0. The molecule has 0 unspecified atom stereocenters. The summed E-state index contributed by atoms with van der Waals surface area (Å²) in [5.74, 6) is 0. The summed E-state index contributed by atoms with van der Waals surface area (Å²) in [6, 6.07) is 0. The summed E-state index contributed by atoms with van der Waals surface area (Å²) in [6.45, 7) is 13.6. The molecule has 98 valence electrons. The number of hydrogen-bond acceptors (Lipinski definition) is 0. The second-order valence-electron chi connectivity index (χ2n) is 6.10. The Morgan fingerprint density at radius 3 is 1.12 bits per heavy atom. The van der Waals surface area contributed by atoms with Gasteiger partial charge in [0.2, 0.25) is 0 Å². The molecule has 17 heavy (non-hydrogen) atoms. The van der Waals surface area contributed by atoms with Crippen molar-refractivity contribution in [2.75, 3.05) is 0 Å². The van der Waals surface area contributed by atoms with Crippen LogP contribution in [0.4, 0.5) is 0 Å². The zero-order chi connectivity index (χ0) is 13.9. The van der Waals surface area contributed by atoms with Crippen molar-refractivity contribution in [3.8, 4) is 0 Å². The van der Waals surface area contributed by atoms with Gasteiger partial charge in [-0.2, -0.15) is 0 Å². The van der Waals surface area contributed by atoms with Gasteiger partial charge in [0.15, 0.2) is 0 Å². The van der Waals surface area contributed by atoms with Gasteiger partial charge in [0.1, 0.15) is 0 Å². The van der Waals surface area contributed by atoms with Gasteiger partial charge in [-0.3, -0.25) is 0 Å². The van der Waals surface area contributed by atoms with Crippen LogP contribution >= 0.6 is 27.9 Å². The van der Waals surface area contributed by atoms with Gasteiger partial charge in [0, 0.05) is 6.42 Å². The van der Waals surface area contributed by atoms with Gasteiger partial charge in [0.25, 0.3) is 0 Å². The Morgan fingerprint density at radius 2 is 1.00 bits per heavy atom. The van der Waals surface area contributed by atoms with E-state index in [1.165, 1.54) is 11.1 Å². The molecule has 1 radical (unpaired) electrons. The van der Waals surface area contributed by atoms with Crippen molar-refractivity contribution in [1.29, 1.82) is 0 Å². The molecule has 0 bridgehead atoms. The third-order valence-electron chi connectivity index (χ3n) is 2.49. The van der Waals surface area contributed by atoms with E-state index in [1.54, 1.807) is 0 Å². The van der Waals surface area contributed by atoms with Crippen LogP contribution in [0.5, 0.6) is 0 Å². The SMILES string of the molecule is CC(C)(C)C1=CC=C(C(C)(C)C)[CH]1.[Cl][Ti]([Cl])[Cl]. The van der Waals surface area contributed by atoms with Gasteiger partial charge in [-0.1, -0.05) is 64.8 Å². The minimum absolute atomic E-state index is 0.281. The average molecular weight is 332 g/mol. The Bertz CT molecular complexity index is 273. The molecule has 0 aromatic rings. The van der Waals surface area contributed by atoms with E-state index in [1.807, 2.05) is 0 Å². The zero-order valence-electron chi connectivity index (χ0n) is 11.4. The van der Waals surface area contributed by atoms with Crippen LogP contribution in [0.1, 0.15) is 41.5 Å². The molecule has 0 aromatic heterocycles. The molecule has 4 heteroatoms. The fourth-order valence-corrected chi connectivity index (χ4v) is 1.38. The van der Waals surface area contributed by atoms with Crippen LogP contribution in [0.3, 0.4) is 0 Å². The normalized spacial score (nSPS) is 15.8. The van der Waals surface area contributed by atoms with Crippen LogP contribution in [-0.2, 0) is 14.7 Å². The first kappa shape index (κ1) is 18.1. The second kappa shape index (κ2) is 7.01. The molecule has 0 nitrogen and oxygen atoms in total. The van der Waals surface area contributed by atoms with Crippen LogP contribution in [0, 0.1) is 17.3 Å². The monoisotopic (exact) mass is 330 g/mol. The predicted molar refractivity (Wildman–Crippen MR) is 76.9 cm³/mol. The number of allylic oxidation sites excluding steroid dienone is 4. The summed E-state index contributed by atoms with van der Waals surface area (Å²) in [5.41, 5.74) is 3.45. The van der Waals surface area contributed by atoms with E-state index in [0.717, 1.165) is 0 Å². The van der Waals surface area contributed by atoms with E-state index in [0.29, 0.717) is 0 Å². The van der Waals surface area contributed by atoms with Crippen molar-refractivity contribution in [2.24, 2.45) is 10.8 Å². The third kappa shape index (κ3) is 7.95. The van der Waals surface area contributed by atoms with Crippen molar-refractivity contribution in [3.05, 3.63) is 29.7 Å². The first-order valence-electron chi connectivity index (χ1n) is 5.55. The van der Waals surface area contributed by atoms with E-state index in [4.69, 9.17) is 27.9 Å². The van der Waals surface area contributed by atoms with E-state index >= 15 is 0 Å². The molecule has 0 saturated carbocycles. The molecule has 0 amide bonds. The average Bonchev–Trinajstić information content (AvgIpc) is 2.46. The van der Waals surface area contributed by atoms with E-state index < -0.39 is 14.7 Å². The number of hydrogen-bond donors (Lipinski definition) is 0. The van der Waals surface area contributed by atoms with Crippen LogP contribution in [0.15, 0.2) is 23.3 Å². The van der Waals surface area contributed by atoms with Crippen LogP contribution in [0.2, 0.25) is 0 Å². The summed E-state index contributed by atoms with van der Waals surface area (Å²) < 4.78 is 0. The fourth-order valence-electron chi connectivity index (χ4n) is 1.38. The fraction of sp³-hybridized carbons (Fsp3) is 0.615. The van der Waals surface area contributed by atoms with Crippen molar-refractivity contribution < 1.29 is 14.7 Å². The Labute approximate surface area is 124 Å². The molecule has 1 aliphatic carbocycles. The quantitative estimate of drug-likeness (QED) is 0.463. The van der Waals surface area contributed by atoms with Crippen molar-refractivity contribution in [1.82, 2.24) is 0 Å². The summed E-state index contributed by atoms with van der Waals surface area (Å²) in [7, 11) is 14.9. The standard InChI is InChI=1S/C13H21.3ClH.Ti/c1-12(2,3)10-7-8-11(9-10)13(4,5)6;;;;/h7-9H,1-6H3;3*1H;/q;;;;+3/p-3. The van der Waals surface area contributed by atoms with E-state index in [-0.39, 0.29) is 10.8 Å². The van der Waals surface area contributed by atoms with E-state index in [9.17, 15) is 0 Å². The molecule has 0 fully saturated rings. The van der Waals surface area contributed by atoms with E-state index in [2.05, 4.69) is 60.1 Å². The molecule has 1 aliphatic rings. The summed E-state index contributed by atoms with van der Waals surface area (Å²) >= 11 is -1.92. The molecule has 0 spiro atoms. The first-order chi connectivity index (χ1) is 7.44. The topological polar surface area (TPSA) is 0 Å². The van der Waals surface area contributed by atoms with Crippen molar-refractivity contribution in [2.45, 2.75) is 41.5 Å². The second-order valence-corrected chi connectivity index (χ2v) is 13.8. The molecule has 0 aliphatic heterocycles. The third-order valence-corrected chi connectivity index (χ3v) is 2.49. The Kier molecular flexibility index (Phi) is 7.45. The van der Waals surface area contributed by atoms with Gasteiger partial charge in [-0.25, -0.2) is 0 Å². The van der Waals surface area contributed by atoms with Gasteiger partial charge in [0.05, 0.1) is 0 Å². The predicted octanol–water partition coefficient (Wildman–Crippen LogP) is 6.22. The van der Waals surface area contributed by atoms with Crippen LogP contribution < -0.4 is 0 Å². The minimum atomic E-state index is -1.92. The van der Waals surface area contributed by atoms with Gasteiger partial charge in [-0.15, -0.1) is 0 Å². The maximum atomic E-state index is 4.97. The Hall–Kier alpha value is 1.06. The summed E-state index contributed by atoms with van der Waals surface area (Å²) in [4.78, 5) is 0. The van der Waals surface area contributed by atoms with Crippen molar-refractivity contribution in [3.63, 3.8) is 0 Å². The molecular weight excluding hydrogens is 310 g/mol. The van der Waals surface area contributed by atoms with Gasteiger partial charge in [-0.05, 0) is 10.8 Å². The molecule has 0 aromatic carbocycles. The first-order valence-corrected chi connectivity index (χ1v) is 12.0. The Morgan fingerprint density at radius 1 is 0.765 bits per heavy atom. The van der Waals surface area contributed by atoms with Crippen molar-refractivity contribution >= 4 is 27.9 Å². The van der Waals surface area contributed by atoms with Crippen LogP contribution in [-0.4, -0.2) is 0 Å². The molecule has 0 N–H and O–H groups in total. The molecule has 0 atom stereocenters. The maximum absolute atomic E-state index is 4.97. The van der Waals surface area contributed by atoms with Crippen LogP contribution in [0.25, 0.3) is 0 Å². The zero-order valence-corrected chi connectivity index (χ0v) is 15.2. The molecular formula is C13H21Cl3Ti. The summed E-state index contributed by atoms with van der Waals surface area (Å²) in [5, 5.41) is 0. The Balaban J connectivity index is 0.000000557. The van der Waals surface area contributed by atoms with Gasteiger partial charge >= 0.3 is 42.6 Å². The van der Waals surface area contributed by atoms with Gasteiger partial charge < -0.3 is 0 Å². The molecule has 1 rings (SSSR count). The number of halogens is 3. The molecule has 0 heterocycles. The molecule has 0 saturated heterocycles.